The van der Waals surface area contributed by atoms with Gasteiger partial charge in [0.25, 0.3) is 5.91 Å². The number of hydrogen-bond donors (Lipinski definition) is 3. The number of β-amino-alcohol motifs (C(OH)–C–C–N with tert-alkyl or cyclic N) is 1. The second-order valence-corrected chi connectivity index (χ2v) is 6.30. The molecule has 0 bridgehead atoms. The number of aliphatic hydroxyl groups excluding tert-OH is 1. The summed E-state index contributed by atoms with van der Waals surface area (Å²) in [5.41, 5.74) is 2.48. The molecule has 0 radical (unpaired) electrons. The molecule has 7 nitrogen and oxygen atoms in total. The number of phenols is 1. The highest BCUT2D eigenvalue weighted by atomic mass is 16.5. The Hall–Kier alpha value is -2.54. The van der Waals surface area contributed by atoms with E-state index in [2.05, 4.69) is 5.32 Å². The van der Waals surface area contributed by atoms with E-state index in [1.54, 1.807) is 19.1 Å². The first kappa shape index (κ1) is 18.8. The van der Waals surface area contributed by atoms with Gasteiger partial charge in [-0.3, -0.25) is 4.79 Å². The van der Waals surface area contributed by atoms with Gasteiger partial charge in [-0.2, -0.15) is 0 Å². The van der Waals surface area contributed by atoms with Gasteiger partial charge in [0, 0.05) is 12.2 Å². The van der Waals surface area contributed by atoms with Crippen LogP contribution in [0.2, 0.25) is 0 Å². The number of amides is 1. The van der Waals surface area contributed by atoms with E-state index in [9.17, 15) is 14.7 Å². The highest BCUT2D eigenvalue weighted by Crippen LogP contribution is 2.33. The second kappa shape index (κ2) is 7.57. The van der Waals surface area contributed by atoms with Crippen LogP contribution in [0.15, 0.2) is 23.4 Å². The van der Waals surface area contributed by atoms with Gasteiger partial charge in [-0.1, -0.05) is 13.8 Å². The van der Waals surface area contributed by atoms with E-state index in [4.69, 9.17) is 9.84 Å². The summed E-state index contributed by atoms with van der Waals surface area (Å²) < 4.78 is 4.77. The minimum absolute atomic E-state index is 0.0859. The lowest BCUT2D eigenvalue weighted by Crippen LogP contribution is -2.31. The maximum absolute atomic E-state index is 12.6. The SMILES string of the molecule is COC(=O)C1=C(Nc2cc(C(C)C)c(O)cc2C)C(=O)N(CCO)C1. The number of nitrogens with one attached hydrogen (secondary N) is 1. The number of hydrogen-bond acceptors (Lipinski definition) is 6. The zero-order valence-corrected chi connectivity index (χ0v) is 14.9. The van der Waals surface area contributed by atoms with Crippen LogP contribution < -0.4 is 5.32 Å². The molecular weight excluding hydrogens is 324 g/mol. The molecule has 136 valence electrons. The number of nitrogens with zero attached hydrogens (tertiary/aromatic N) is 1. The number of anilines is 1. The van der Waals surface area contributed by atoms with Gasteiger partial charge in [-0.15, -0.1) is 0 Å². The summed E-state index contributed by atoms with van der Waals surface area (Å²) in [6.07, 6.45) is 0. The van der Waals surface area contributed by atoms with Gasteiger partial charge in [-0.05, 0) is 36.1 Å². The first-order valence-corrected chi connectivity index (χ1v) is 8.12. The predicted molar refractivity (Wildman–Crippen MR) is 93.3 cm³/mol. The minimum atomic E-state index is -0.586. The van der Waals surface area contributed by atoms with Crippen molar-refractivity contribution in [2.24, 2.45) is 0 Å². The second-order valence-electron chi connectivity index (χ2n) is 6.30. The van der Waals surface area contributed by atoms with E-state index in [-0.39, 0.29) is 48.5 Å². The molecule has 2 rings (SSSR count). The molecule has 1 aliphatic heterocycles. The number of ether oxygens (including phenoxy) is 1. The average molecular weight is 348 g/mol. The number of rotatable bonds is 6. The Bertz CT molecular complexity index is 724. The topological polar surface area (TPSA) is 99.1 Å². The van der Waals surface area contributed by atoms with E-state index in [1.807, 2.05) is 13.8 Å². The molecule has 3 N–H and O–H groups in total. The van der Waals surface area contributed by atoms with Crippen LogP contribution in [0.5, 0.6) is 5.75 Å². The quantitative estimate of drug-likeness (QED) is 0.532. The molecule has 0 aliphatic carbocycles. The molecule has 1 heterocycles. The summed E-state index contributed by atoms with van der Waals surface area (Å²) in [4.78, 5) is 26.0. The van der Waals surface area contributed by atoms with Crippen molar-refractivity contribution in [2.75, 3.05) is 32.1 Å². The predicted octanol–water partition coefficient (Wildman–Crippen LogP) is 1.50. The third-order valence-electron chi connectivity index (χ3n) is 4.21. The number of phenolic OH excluding ortho intramolecular Hbond substituents is 1. The molecule has 1 aromatic carbocycles. The molecule has 0 unspecified atom stereocenters. The van der Waals surface area contributed by atoms with Gasteiger partial charge in [0.15, 0.2) is 0 Å². The smallest absolute Gasteiger partial charge is 0.337 e. The number of aryl methyl sites for hydroxylation is 1. The van der Waals surface area contributed by atoms with E-state index in [0.717, 1.165) is 11.1 Å². The molecule has 25 heavy (non-hydrogen) atoms. The first-order valence-electron chi connectivity index (χ1n) is 8.12. The van der Waals surface area contributed by atoms with Crippen molar-refractivity contribution < 1.29 is 24.5 Å². The van der Waals surface area contributed by atoms with Gasteiger partial charge < -0.3 is 25.2 Å². The van der Waals surface area contributed by atoms with Crippen LogP contribution in [0, 0.1) is 6.92 Å². The van der Waals surface area contributed by atoms with Crippen molar-refractivity contribution in [1.29, 1.82) is 0 Å². The Kier molecular flexibility index (Phi) is 5.69. The van der Waals surface area contributed by atoms with Gasteiger partial charge in [0.1, 0.15) is 11.4 Å². The molecule has 0 fully saturated rings. The van der Waals surface area contributed by atoms with Gasteiger partial charge >= 0.3 is 5.97 Å². The summed E-state index contributed by atoms with van der Waals surface area (Å²) in [5, 5.41) is 22.2. The van der Waals surface area contributed by atoms with Crippen LogP contribution in [-0.2, 0) is 14.3 Å². The lowest BCUT2D eigenvalue weighted by molar-refractivity contribution is -0.136. The normalized spacial score (nSPS) is 14.5. The van der Waals surface area contributed by atoms with Crippen molar-refractivity contribution in [2.45, 2.75) is 26.7 Å². The zero-order valence-electron chi connectivity index (χ0n) is 14.9. The van der Waals surface area contributed by atoms with Crippen molar-refractivity contribution >= 4 is 17.6 Å². The summed E-state index contributed by atoms with van der Waals surface area (Å²) in [6.45, 7) is 5.74. The Balaban J connectivity index is 2.43. The Morgan fingerprint density at radius 1 is 1.40 bits per heavy atom. The number of aromatic hydroxyl groups is 1. The fraction of sp³-hybridized carbons (Fsp3) is 0.444. The third-order valence-corrected chi connectivity index (χ3v) is 4.21. The fourth-order valence-corrected chi connectivity index (χ4v) is 2.79. The van der Waals surface area contributed by atoms with Crippen LogP contribution in [0.25, 0.3) is 0 Å². The molecule has 7 heteroatoms. The van der Waals surface area contributed by atoms with E-state index >= 15 is 0 Å². The maximum Gasteiger partial charge on any atom is 0.337 e. The standard InChI is InChI=1S/C18H24N2O5/c1-10(2)12-8-14(11(3)7-15(12)22)19-16-13(18(24)25-4)9-20(5-6-21)17(16)23/h7-8,10,19,21-22H,5-6,9H2,1-4H3. The van der Waals surface area contributed by atoms with Crippen LogP contribution in [0.1, 0.15) is 30.9 Å². The summed E-state index contributed by atoms with van der Waals surface area (Å²) in [6, 6.07) is 3.40. The summed E-state index contributed by atoms with van der Waals surface area (Å²) in [5.74, 6) is -0.662. The largest absolute Gasteiger partial charge is 0.508 e. The zero-order chi connectivity index (χ0) is 18.7. The van der Waals surface area contributed by atoms with E-state index in [0.29, 0.717) is 5.69 Å². The lowest BCUT2D eigenvalue weighted by Gasteiger charge is -2.17. The number of carbonyl (C=O) groups excluding carboxylic acids is 2. The minimum Gasteiger partial charge on any atom is -0.508 e. The fourth-order valence-electron chi connectivity index (χ4n) is 2.79. The molecule has 1 aliphatic rings. The van der Waals surface area contributed by atoms with Crippen LogP contribution >= 0.6 is 0 Å². The highest BCUT2D eigenvalue weighted by molar-refractivity contribution is 6.08. The highest BCUT2D eigenvalue weighted by Gasteiger charge is 2.34. The van der Waals surface area contributed by atoms with E-state index in [1.165, 1.54) is 12.0 Å². The summed E-state index contributed by atoms with van der Waals surface area (Å²) >= 11 is 0. The molecule has 0 atom stereocenters. The number of esters is 1. The molecule has 0 aromatic heterocycles. The van der Waals surface area contributed by atoms with Gasteiger partial charge in [0.2, 0.25) is 0 Å². The summed E-state index contributed by atoms with van der Waals surface area (Å²) in [7, 11) is 1.26. The van der Waals surface area contributed by atoms with E-state index < -0.39 is 5.97 Å². The average Bonchev–Trinajstić information content (AvgIpc) is 2.86. The monoisotopic (exact) mass is 348 g/mol. The molecule has 0 spiro atoms. The molecule has 1 aromatic rings. The number of benzene rings is 1. The Morgan fingerprint density at radius 3 is 2.64 bits per heavy atom. The van der Waals surface area contributed by atoms with Crippen LogP contribution in [0.3, 0.4) is 0 Å². The molecule has 0 saturated heterocycles. The molecular formula is C18H24N2O5. The Morgan fingerprint density at radius 2 is 2.08 bits per heavy atom. The number of carbonyl (C=O) groups is 2. The molecule has 0 saturated carbocycles. The van der Waals surface area contributed by atoms with Gasteiger partial charge in [-0.25, -0.2) is 4.79 Å². The van der Waals surface area contributed by atoms with Crippen LogP contribution in [0.4, 0.5) is 5.69 Å². The number of aliphatic hydroxyl groups is 1. The van der Waals surface area contributed by atoms with Crippen LogP contribution in [-0.4, -0.2) is 53.8 Å². The maximum atomic E-state index is 12.6. The first-order chi connectivity index (χ1) is 11.8. The van der Waals surface area contributed by atoms with Crippen molar-refractivity contribution in [3.8, 4) is 5.75 Å². The lowest BCUT2D eigenvalue weighted by atomic mass is 9.99. The van der Waals surface area contributed by atoms with Gasteiger partial charge in [0.05, 0.1) is 25.8 Å². The van der Waals surface area contributed by atoms with Crippen molar-refractivity contribution in [3.05, 3.63) is 34.5 Å². The Labute approximate surface area is 146 Å². The molecule has 1 amide bonds. The van der Waals surface area contributed by atoms with Crippen molar-refractivity contribution in [1.82, 2.24) is 4.90 Å². The number of methoxy groups -OCH3 is 1. The van der Waals surface area contributed by atoms with Crippen molar-refractivity contribution in [3.63, 3.8) is 0 Å². The third kappa shape index (κ3) is 3.76.